The van der Waals surface area contributed by atoms with Gasteiger partial charge in [-0.1, -0.05) is 17.3 Å². The van der Waals surface area contributed by atoms with Crippen molar-refractivity contribution in [1.29, 1.82) is 0 Å². The molecule has 0 N–H and O–H groups in total. The van der Waals surface area contributed by atoms with Crippen molar-refractivity contribution in [2.75, 3.05) is 21.1 Å². The van der Waals surface area contributed by atoms with E-state index in [0.717, 1.165) is 5.56 Å². The number of carbonyl (C=O) groups is 1. The normalized spacial score (nSPS) is 12.2. The van der Waals surface area contributed by atoms with Crippen LogP contribution in [0, 0.1) is 5.82 Å². The number of hydrogen-bond donors (Lipinski definition) is 0. The molecule has 0 aliphatic rings. The van der Waals surface area contributed by atoms with Crippen LogP contribution in [0.4, 0.5) is 4.39 Å². The SMILES string of the molecule is CN(Cc1cc(-c2cccnc2)no1)C(=O)[C@H](c1cccc(F)c1)N(C)C. The number of hydrogen-bond acceptors (Lipinski definition) is 5. The summed E-state index contributed by atoms with van der Waals surface area (Å²) >= 11 is 0. The number of aromatic nitrogens is 2. The van der Waals surface area contributed by atoms with Gasteiger partial charge >= 0.3 is 0 Å². The van der Waals surface area contributed by atoms with Gasteiger partial charge in [-0.3, -0.25) is 14.7 Å². The number of nitrogens with zero attached hydrogens (tertiary/aromatic N) is 4. The predicted molar refractivity (Wildman–Crippen MR) is 99.0 cm³/mol. The van der Waals surface area contributed by atoms with E-state index < -0.39 is 6.04 Å². The van der Waals surface area contributed by atoms with E-state index in [9.17, 15) is 9.18 Å². The molecule has 6 nitrogen and oxygen atoms in total. The van der Waals surface area contributed by atoms with Crippen LogP contribution in [-0.4, -0.2) is 47.0 Å². The molecule has 0 saturated carbocycles. The molecule has 0 radical (unpaired) electrons. The van der Waals surface area contributed by atoms with Crippen molar-refractivity contribution in [2.24, 2.45) is 0 Å². The molecule has 2 heterocycles. The zero-order chi connectivity index (χ0) is 19.4. The van der Waals surface area contributed by atoms with Crippen LogP contribution in [0.5, 0.6) is 0 Å². The van der Waals surface area contributed by atoms with Crippen molar-refractivity contribution < 1.29 is 13.7 Å². The summed E-state index contributed by atoms with van der Waals surface area (Å²) < 4.78 is 19.0. The minimum atomic E-state index is -0.591. The van der Waals surface area contributed by atoms with Crippen LogP contribution in [0.3, 0.4) is 0 Å². The molecule has 3 rings (SSSR count). The van der Waals surface area contributed by atoms with Crippen LogP contribution in [0.15, 0.2) is 59.4 Å². The summed E-state index contributed by atoms with van der Waals surface area (Å²) in [6, 6.07) is 11.0. The van der Waals surface area contributed by atoms with Gasteiger partial charge in [-0.25, -0.2) is 4.39 Å². The zero-order valence-corrected chi connectivity index (χ0v) is 15.5. The largest absolute Gasteiger partial charge is 0.359 e. The maximum Gasteiger partial charge on any atom is 0.244 e. The van der Waals surface area contributed by atoms with Gasteiger partial charge in [0.15, 0.2) is 5.76 Å². The highest BCUT2D eigenvalue weighted by molar-refractivity contribution is 5.83. The van der Waals surface area contributed by atoms with Gasteiger partial charge in [0, 0.05) is 31.1 Å². The summed E-state index contributed by atoms with van der Waals surface area (Å²) in [6.45, 7) is 0.256. The summed E-state index contributed by atoms with van der Waals surface area (Å²) in [5.74, 6) is 0.0255. The van der Waals surface area contributed by atoms with Crippen LogP contribution < -0.4 is 0 Å². The quantitative estimate of drug-likeness (QED) is 0.669. The molecule has 27 heavy (non-hydrogen) atoms. The topological polar surface area (TPSA) is 62.5 Å². The lowest BCUT2D eigenvalue weighted by molar-refractivity contribution is -0.135. The Balaban J connectivity index is 1.75. The Morgan fingerprint density at radius 3 is 2.67 bits per heavy atom. The summed E-state index contributed by atoms with van der Waals surface area (Å²) in [5.41, 5.74) is 2.10. The molecular weight excluding hydrogens is 347 g/mol. The number of carbonyl (C=O) groups excluding carboxylic acids is 1. The zero-order valence-electron chi connectivity index (χ0n) is 15.5. The summed E-state index contributed by atoms with van der Waals surface area (Å²) in [7, 11) is 5.26. The van der Waals surface area contributed by atoms with E-state index in [0.29, 0.717) is 17.0 Å². The minimum Gasteiger partial charge on any atom is -0.359 e. The van der Waals surface area contributed by atoms with Crippen LogP contribution >= 0.6 is 0 Å². The van der Waals surface area contributed by atoms with E-state index in [1.165, 1.54) is 12.1 Å². The molecule has 7 heteroatoms. The molecule has 1 aromatic carbocycles. The van der Waals surface area contributed by atoms with Gasteiger partial charge < -0.3 is 9.42 Å². The highest BCUT2D eigenvalue weighted by atomic mass is 19.1. The van der Waals surface area contributed by atoms with Crippen LogP contribution in [0.2, 0.25) is 0 Å². The third kappa shape index (κ3) is 4.38. The van der Waals surface area contributed by atoms with Crippen molar-refractivity contribution in [3.63, 3.8) is 0 Å². The van der Waals surface area contributed by atoms with Crippen LogP contribution in [0.25, 0.3) is 11.3 Å². The number of rotatable bonds is 6. The molecule has 0 fully saturated rings. The standard InChI is InChI=1S/C20H21FN4O2/c1-24(2)19(14-6-4-8-16(21)10-14)20(26)25(3)13-17-11-18(23-27-17)15-7-5-9-22-12-15/h4-12,19H,13H2,1-3H3/t19-/m0/s1. The first kappa shape index (κ1) is 18.7. The van der Waals surface area contributed by atoms with Gasteiger partial charge in [0.05, 0.1) is 6.54 Å². The molecule has 0 unspecified atom stereocenters. The molecule has 2 aromatic heterocycles. The second kappa shape index (κ2) is 8.09. The molecule has 1 atom stereocenters. The minimum absolute atomic E-state index is 0.162. The van der Waals surface area contributed by atoms with Crippen molar-refractivity contribution in [3.05, 3.63) is 72.0 Å². The first-order valence-electron chi connectivity index (χ1n) is 8.48. The van der Waals surface area contributed by atoms with Gasteiger partial charge in [0.1, 0.15) is 17.6 Å². The van der Waals surface area contributed by atoms with Crippen molar-refractivity contribution in [3.8, 4) is 11.3 Å². The molecule has 0 aliphatic carbocycles. The van der Waals surface area contributed by atoms with Crippen molar-refractivity contribution in [1.82, 2.24) is 19.9 Å². The van der Waals surface area contributed by atoms with E-state index >= 15 is 0 Å². The third-order valence-corrected chi connectivity index (χ3v) is 4.20. The van der Waals surface area contributed by atoms with Gasteiger partial charge in [-0.15, -0.1) is 0 Å². The summed E-state index contributed by atoms with van der Waals surface area (Å²) in [4.78, 5) is 20.3. The molecule has 0 saturated heterocycles. The second-order valence-electron chi connectivity index (χ2n) is 6.54. The van der Waals surface area contributed by atoms with Crippen molar-refractivity contribution >= 4 is 5.91 Å². The Morgan fingerprint density at radius 1 is 1.19 bits per heavy atom. The first-order chi connectivity index (χ1) is 13.0. The number of pyridine rings is 1. The summed E-state index contributed by atoms with van der Waals surface area (Å²) in [6.07, 6.45) is 3.38. The lowest BCUT2D eigenvalue weighted by Gasteiger charge is -2.28. The predicted octanol–water partition coefficient (Wildman–Crippen LogP) is 3.14. The highest BCUT2D eigenvalue weighted by Gasteiger charge is 2.27. The van der Waals surface area contributed by atoms with E-state index in [4.69, 9.17) is 4.52 Å². The Labute approximate surface area is 157 Å². The fraction of sp³-hybridized carbons (Fsp3) is 0.250. The number of likely N-dealkylation sites (N-methyl/N-ethyl adjacent to an activating group) is 2. The average molecular weight is 368 g/mol. The summed E-state index contributed by atoms with van der Waals surface area (Å²) in [5, 5.41) is 4.04. The molecule has 0 aliphatic heterocycles. The number of amides is 1. The Morgan fingerprint density at radius 2 is 2.00 bits per heavy atom. The van der Waals surface area contributed by atoms with Gasteiger partial charge in [-0.05, 0) is 43.9 Å². The molecule has 0 spiro atoms. The van der Waals surface area contributed by atoms with E-state index in [1.807, 2.05) is 12.1 Å². The molecular formula is C20H21FN4O2. The maximum atomic E-state index is 13.6. The Kier molecular flexibility index (Phi) is 5.61. The first-order valence-corrected chi connectivity index (χ1v) is 8.48. The van der Waals surface area contributed by atoms with E-state index in [2.05, 4.69) is 10.1 Å². The highest BCUT2D eigenvalue weighted by Crippen LogP contribution is 2.23. The lowest BCUT2D eigenvalue weighted by Crippen LogP contribution is -2.38. The Hall–Kier alpha value is -3.06. The molecule has 1 amide bonds. The lowest BCUT2D eigenvalue weighted by atomic mass is 10.0. The number of halogens is 1. The molecule has 3 aromatic rings. The van der Waals surface area contributed by atoms with Crippen LogP contribution in [0.1, 0.15) is 17.4 Å². The third-order valence-electron chi connectivity index (χ3n) is 4.20. The second-order valence-corrected chi connectivity index (χ2v) is 6.54. The monoisotopic (exact) mass is 368 g/mol. The smallest absolute Gasteiger partial charge is 0.244 e. The Bertz CT molecular complexity index is 911. The molecule has 140 valence electrons. The van der Waals surface area contributed by atoms with Gasteiger partial charge in [0.25, 0.3) is 0 Å². The van der Waals surface area contributed by atoms with Gasteiger partial charge in [0.2, 0.25) is 5.91 Å². The van der Waals surface area contributed by atoms with E-state index in [1.54, 1.807) is 61.5 Å². The van der Waals surface area contributed by atoms with Crippen LogP contribution in [-0.2, 0) is 11.3 Å². The molecule has 0 bridgehead atoms. The van der Waals surface area contributed by atoms with E-state index in [-0.39, 0.29) is 18.3 Å². The fourth-order valence-corrected chi connectivity index (χ4v) is 2.90. The fourth-order valence-electron chi connectivity index (χ4n) is 2.90. The average Bonchev–Trinajstić information content (AvgIpc) is 3.11. The maximum absolute atomic E-state index is 13.6. The van der Waals surface area contributed by atoms with Crippen molar-refractivity contribution in [2.45, 2.75) is 12.6 Å². The van der Waals surface area contributed by atoms with Gasteiger partial charge in [-0.2, -0.15) is 0 Å². The number of benzene rings is 1.